The second-order valence-corrected chi connectivity index (χ2v) is 8.65. The van der Waals surface area contributed by atoms with Crippen LogP contribution in [-0.2, 0) is 20.8 Å². The van der Waals surface area contributed by atoms with Gasteiger partial charge in [-0.2, -0.15) is 0 Å². The van der Waals surface area contributed by atoms with Gasteiger partial charge in [-0.05, 0) is 29.2 Å². The number of hydrogen-bond acceptors (Lipinski definition) is 5. The second kappa shape index (κ2) is 6.88. The summed E-state index contributed by atoms with van der Waals surface area (Å²) in [5.74, 6) is -0.796. The summed E-state index contributed by atoms with van der Waals surface area (Å²) in [5.41, 5.74) is 1.12. The summed E-state index contributed by atoms with van der Waals surface area (Å²) in [6.07, 6.45) is 0.930. The largest absolute Gasteiger partial charge is 0.396 e. The first-order valence-corrected chi connectivity index (χ1v) is 9.68. The van der Waals surface area contributed by atoms with Gasteiger partial charge in [0.2, 0.25) is 0 Å². The van der Waals surface area contributed by atoms with E-state index in [1.165, 1.54) is 0 Å². The Morgan fingerprint density at radius 1 is 1.04 bits per heavy atom. The Morgan fingerprint density at radius 3 is 2.31 bits per heavy atom. The van der Waals surface area contributed by atoms with E-state index in [1.807, 2.05) is 18.2 Å². The molecule has 1 aromatic carbocycles. The van der Waals surface area contributed by atoms with E-state index in [0.29, 0.717) is 19.8 Å². The third kappa shape index (κ3) is 2.72. The van der Waals surface area contributed by atoms with Gasteiger partial charge < -0.3 is 24.4 Å². The zero-order valence-electron chi connectivity index (χ0n) is 15.6. The smallest absolute Gasteiger partial charge is 0.179 e. The SMILES string of the molecule is CC1(C)C[C@H]2[C@@H]([C@H]1OCc1ccccc1)[C@@H](CO)C1(OCCO1)[C@H]2CO. The van der Waals surface area contributed by atoms with E-state index in [2.05, 4.69) is 26.0 Å². The molecule has 1 spiro atoms. The van der Waals surface area contributed by atoms with Crippen LogP contribution in [0.1, 0.15) is 25.8 Å². The average molecular weight is 362 g/mol. The molecule has 0 unspecified atom stereocenters. The van der Waals surface area contributed by atoms with E-state index in [4.69, 9.17) is 14.2 Å². The van der Waals surface area contributed by atoms with Gasteiger partial charge in [-0.15, -0.1) is 0 Å². The number of aliphatic hydroxyl groups is 2. The Hall–Kier alpha value is -0.980. The van der Waals surface area contributed by atoms with Crippen LogP contribution in [-0.4, -0.2) is 48.5 Å². The zero-order valence-corrected chi connectivity index (χ0v) is 15.6. The highest BCUT2D eigenvalue weighted by Gasteiger charge is 2.69. The normalized spacial score (nSPS) is 37.3. The Balaban J connectivity index is 1.62. The second-order valence-electron chi connectivity index (χ2n) is 8.65. The first kappa shape index (κ1) is 18.4. The Morgan fingerprint density at radius 2 is 1.69 bits per heavy atom. The summed E-state index contributed by atoms with van der Waals surface area (Å²) >= 11 is 0. The van der Waals surface area contributed by atoms with E-state index in [-0.39, 0.29) is 48.4 Å². The summed E-state index contributed by atoms with van der Waals surface area (Å²) in [4.78, 5) is 0. The van der Waals surface area contributed by atoms with Crippen LogP contribution in [0.5, 0.6) is 0 Å². The lowest BCUT2D eigenvalue weighted by Crippen LogP contribution is -2.48. The van der Waals surface area contributed by atoms with Crippen LogP contribution in [0.15, 0.2) is 30.3 Å². The van der Waals surface area contributed by atoms with Gasteiger partial charge in [-0.25, -0.2) is 0 Å². The maximum absolute atomic E-state index is 10.2. The van der Waals surface area contributed by atoms with Gasteiger partial charge in [0.05, 0.1) is 39.1 Å². The number of benzene rings is 1. The van der Waals surface area contributed by atoms with Gasteiger partial charge >= 0.3 is 0 Å². The van der Waals surface area contributed by atoms with Crippen molar-refractivity contribution >= 4 is 0 Å². The summed E-state index contributed by atoms with van der Waals surface area (Å²) in [7, 11) is 0. The third-order valence-electron chi connectivity index (χ3n) is 6.80. The van der Waals surface area contributed by atoms with E-state index in [0.717, 1.165) is 12.0 Å². The number of ether oxygens (including phenoxy) is 3. The lowest BCUT2D eigenvalue weighted by Gasteiger charge is -2.39. The molecule has 5 nitrogen and oxygen atoms in total. The summed E-state index contributed by atoms with van der Waals surface area (Å²) in [6.45, 7) is 6.05. The van der Waals surface area contributed by atoms with Crippen molar-refractivity contribution in [2.45, 2.75) is 38.8 Å². The minimum atomic E-state index is -0.857. The number of hydrogen-bond donors (Lipinski definition) is 2. The van der Waals surface area contributed by atoms with Crippen LogP contribution in [0.25, 0.3) is 0 Å². The predicted molar refractivity (Wildman–Crippen MR) is 96.2 cm³/mol. The lowest BCUT2D eigenvalue weighted by atomic mass is 9.80. The Labute approximate surface area is 155 Å². The Bertz CT molecular complexity index is 610. The molecule has 3 fully saturated rings. The maximum atomic E-state index is 10.2. The van der Waals surface area contributed by atoms with E-state index >= 15 is 0 Å². The highest BCUT2D eigenvalue weighted by Crippen LogP contribution is 2.63. The molecule has 3 aliphatic rings. The summed E-state index contributed by atoms with van der Waals surface area (Å²) in [5, 5.41) is 20.4. The molecule has 2 aliphatic carbocycles. The van der Waals surface area contributed by atoms with Crippen molar-refractivity contribution in [3.05, 3.63) is 35.9 Å². The fourth-order valence-corrected chi connectivity index (χ4v) is 5.85. The van der Waals surface area contributed by atoms with Crippen molar-refractivity contribution in [2.75, 3.05) is 26.4 Å². The zero-order chi connectivity index (χ0) is 18.4. The van der Waals surface area contributed by atoms with Crippen molar-refractivity contribution in [2.24, 2.45) is 29.1 Å². The lowest BCUT2D eigenvalue weighted by molar-refractivity contribution is -0.234. The molecule has 2 N–H and O–H groups in total. The molecule has 1 aromatic rings. The summed E-state index contributed by atoms with van der Waals surface area (Å²) < 4.78 is 18.5. The van der Waals surface area contributed by atoms with Crippen LogP contribution in [0, 0.1) is 29.1 Å². The van der Waals surface area contributed by atoms with Crippen molar-refractivity contribution < 1.29 is 24.4 Å². The molecule has 1 saturated heterocycles. The van der Waals surface area contributed by atoms with Crippen molar-refractivity contribution in [3.63, 3.8) is 0 Å². The molecular weight excluding hydrogens is 332 g/mol. The van der Waals surface area contributed by atoms with E-state index in [1.54, 1.807) is 0 Å². The van der Waals surface area contributed by atoms with E-state index < -0.39 is 5.79 Å². The van der Waals surface area contributed by atoms with Gasteiger partial charge in [-0.3, -0.25) is 0 Å². The first-order chi connectivity index (χ1) is 12.5. The molecule has 26 heavy (non-hydrogen) atoms. The molecule has 0 aromatic heterocycles. The molecule has 1 heterocycles. The number of fused-ring (bicyclic) bond motifs is 1. The number of rotatable bonds is 5. The Kier molecular flexibility index (Phi) is 4.86. The molecule has 5 atom stereocenters. The van der Waals surface area contributed by atoms with Crippen LogP contribution in [0.4, 0.5) is 0 Å². The van der Waals surface area contributed by atoms with Gasteiger partial charge in [-0.1, -0.05) is 44.2 Å². The molecular formula is C21H30O5. The highest BCUT2D eigenvalue weighted by atomic mass is 16.7. The quantitative estimate of drug-likeness (QED) is 0.841. The molecule has 4 rings (SSSR count). The van der Waals surface area contributed by atoms with Gasteiger partial charge in [0.15, 0.2) is 5.79 Å². The van der Waals surface area contributed by atoms with Crippen LogP contribution in [0.3, 0.4) is 0 Å². The standard InChI is InChI=1S/C21H30O5/c1-20(2)10-15-16(11-22)21(25-8-9-26-21)17(12-23)18(15)19(20)24-13-14-6-4-3-5-7-14/h3-7,15-19,22-23H,8-13H2,1-2H3/t15-,16+,17-,18-,19-/m1/s1. The predicted octanol–water partition coefficient (Wildman–Crippen LogP) is 2.21. The number of aliphatic hydroxyl groups excluding tert-OH is 2. The van der Waals surface area contributed by atoms with E-state index in [9.17, 15) is 10.2 Å². The third-order valence-corrected chi connectivity index (χ3v) is 6.80. The van der Waals surface area contributed by atoms with Crippen molar-refractivity contribution in [1.29, 1.82) is 0 Å². The van der Waals surface area contributed by atoms with Gasteiger partial charge in [0, 0.05) is 11.8 Å². The molecule has 0 bridgehead atoms. The van der Waals surface area contributed by atoms with Crippen LogP contribution in [0.2, 0.25) is 0 Å². The minimum absolute atomic E-state index is 0.00826. The first-order valence-electron chi connectivity index (χ1n) is 9.68. The maximum Gasteiger partial charge on any atom is 0.179 e. The van der Waals surface area contributed by atoms with Crippen molar-refractivity contribution in [3.8, 4) is 0 Å². The van der Waals surface area contributed by atoms with Crippen molar-refractivity contribution in [1.82, 2.24) is 0 Å². The minimum Gasteiger partial charge on any atom is -0.396 e. The molecule has 0 amide bonds. The van der Waals surface area contributed by atoms with Gasteiger partial charge in [0.1, 0.15) is 0 Å². The fourth-order valence-electron chi connectivity index (χ4n) is 5.85. The highest BCUT2D eigenvalue weighted by molar-refractivity contribution is 5.16. The summed E-state index contributed by atoms with van der Waals surface area (Å²) in [6, 6.07) is 10.2. The molecule has 5 heteroatoms. The molecule has 2 saturated carbocycles. The van der Waals surface area contributed by atoms with Gasteiger partial charge in [0.25, 0.3) is 0 Å². The molecule has 0 radical (unpaired) electrons. The van der Waals surface area contributed by atoms with Crippen LogP contribution < -0.4 is 0 Å². The fraction of sp³-hybridized carbons (Fsp3) is 0.714. The molecule has 144 valence electrons. The average Bonchev–Trinajstić information content (AvgIpc) is 3.27. The molecule has 1 aliphatic heterocycles. The van der Waals surface area contributed by atoms with Crippen LogP contribution >= 0.6 is 0 Å². The monoisotopic (exact) mass is 362 g/mol. The topological polar surface area (TPSA) is 68.2 Å².